The van der Waals surface area contributed by atoms with Crippen molar-refractivity contribution in [3.05, 3.63) is 24.3 Å². The van der Waals surface area contributed by atoms with Crippen molar-refractivity contribution in [1.29, 1.82) is 0 Å². The monoisotopic (exact) mass is 223 g/mol. The van der Waals surface area contributed by atoms with Gasteiger partial charge in [-0.2, -0.15) is 0 Å². The van der Waals surface area contributed by atoms with Crippen molar-refractivity contribution in [3.63, 3.8) is 0 Å². The molecule has 0 heterocycles. The zero-order valence-corrected chi connectivity index (χ0v) is 9.64. The number of hydrogen-bond donors (Lipinski definition) is 1. The number of anilines is 1. The molecule has 0 saturated carbocycles. The summed E-state index contributed by atoms with van der Waals surface area (Å²) in [5.41, 5.74) is 0.990. The molecular weight excluding hydrogens is 206 g/mol. The number of hydrogen-bond acceptors (Lipinski definition) is 3. The smallest absolute Gasteiger partial charge is 0.305 e. The second kappa shape index (κ2) is 6.00. The number of benzene rings is 1. The Hall–Kier alpha value is -1.71. The Bertz CT molecular complexity index is 335. The number of rotatable bonds is 6. The number of carboxylic acid groups (broad SMARTS) is 1. The number of aliphatic carboxylic acids is 1. The Morgan fingerprint density at radius 2 is 2.00 bits per heavy atom. The lowest BCUT2D eigenvalue weighted by Crippen LogP contribution is -2.20. The summed E-state index contributed by atoms with van der Waals surface area (Å²) in [5, 5.41) is 8.58. The van der Waals surface area contributed by atoms with E-state index in [4.69, 9.17) is 9.84 Å². The van der Waals surface area contributed by atoms with E-state index in [9.17, 15) is 4.79 Å². The van der Waals surface area contributed by atoms with Gasteiger partial charge < -0.3 is 14.7 Å². The van der Waals surface area contributed by atoms with Crippen LogP contribution in [0.15, 0.2) is 24.3 Å². The van der Waals surface area contributed by atoms with Crippen molar-refractivity contribution in [2.75, 3.05) is 25.1 Å². The first kappa shape index (κ1) is 12.4. The summed E-state index contributed by atoms with van der Waals surface area (Å²) in [5.74, 6) is 0.0515. The lowest BCUT2D eigenvalue weighted by Gasteiger charge is -2.18. The van der Waals surface area contributed by atoms with Crippen LogP contribution in [0.5, 0.6) is 5.75 Å². The molecule has 0 aliphatic carbocycles. The highest BCUT2D eigenvalue weighted by Gasteiger charge is 2.03. The maximum atomic E-state index is 10.4. The van der Waals surface area contributed by atoms with Crippen molar-refractivity contribution >= 4 is 11.7 Å². The molecule has 0 atom stereocenters. The molecule has 0 aliphatic heterocycles. The van der Waals surface area contributed by atoms with E-state index in [2.05, 4.69) is 0 Å². The summed E-state index contributed by atoms with van der Waals surface area (Å²) in [6.07, 6.45) is 0.143. The molecule has 1 aromatic carbocycles. The predicted octanol–water partition coefficient (Wildman–Crippen LogP) is 2.00. The second-order valence-corrected chi connectivity index (χ2v) is 3.49. The molecule has 16 heavy (non-hydrogen) atoms. The molecule has 0 saturated heterocycles. The molecule has 0 amide bonds. The van der Waals surface area contributed by atoms with Crippen LogP contribution in [-0.4, -0.2) is 31.3 Å². The number of carboxylic acids is 1. The van der Waals surface area contributed by atoms with Gasteiger partial charge in [0.05, 0.1) is 13.0 Å². The molecule has 1 aromatic rings. The third kappa shape index (κ3) is 3.81. The third-order valence-corrected chi connectivity index (χ3v) is 2.25. The van der Waals surface area contributed by atoms with Crippen LogP contribution in [0, 0.1) is 0 Å². The zero-order valence-electron chi connectivity index (χ0n) is 9.64. The fourth-order valence-corrected chi connectivity index (χ4v) is 1.36. The first-order valence-electron chi connectivity index (χ1n) is 5.29. The molecule has 1 rings (SSSR count). The van der Waals surface area contributed by atoms with E-state index in [0.717, 1.165) is 11.4 Å². The Morgan fingerprint density at radius 1 is 1.38 bits per heavy atom. The standard InChI is InChI=1S/C12H17NO3/c1-3-16-11-6-4-10(5-7-11)13(2)9-8-12(14)15/h4-7H,3,8-9H2,1-2H3,(H,14,15). The number of ether oxygens (including phenoxy) is 1. The van der Waals surface area contributed by atoms with Crippen LogP contribution in [0.2, 0.25) is 0 Å². The molecular formula is C12H17NO3. The Labute approximate surface area is 95.5 Å². The van der Waals surface area contributed by atoms with Gasteiger partial charge in [-0.1, -0.05) is 0 Å². The summed E-state index contributed by atoms with van der Waals surface area (Å²) in [7, 11) is 1.87. The summed E-state index contributed by atoms with van der Waals surface area (Å²) < 4.78 is 5.33. The minimum Gasteiger partial charge on any atom is -0.494 e. The van der Waals surface area contributed by atoms with Crippen LogP contribution in [0.1, 0.15) is 13.3 Å². The number of nitrogens with zero attached hydrogens (tertiary/aromatic N) is 1. The maximum Gasteiger partial charge on any atom is 0.305 e. The van der Waals surface area contributed by atoms with Crippen LogP contribution in [0.3, 0.4) is 0 Å². The van der Waals surface area contributed by atoms with Gasteiger partial charge in [0.25, 0.3) is 0 Å². The van der Waals surface area contributed by atoms with Gasteiger partial charge in [-0.25, -0.2) is 0 Å². The van der Waals surface area contributed by atoms with E-state index >= 15 is 0 Å². The highest BCUT2D eigenvalue weighted by Crippen LogP contribution is 2.18. The normalized spacial score (nSPS) is 9.88. The largest absolute Gasteiger partial charge is 0.494 e. The first-order chi connectivity index (χ1) is 7.63. The lowest BCUT2D eigenvalue weighted by molar-refractivity contribution is -0.136. The van der Waals surface area contributed by atoms with Crippen LogP contribution in [-0.2, 0) is 4.79 Å². The van der Waals surface area contributed by atoms with Gasteiger partial charge in [0, 0.05) is 19.3 Å². The first-order valence-corrected chi connectivity index (χ1v) is 5.29. The van der Waals surface area contributed by atoms with Gasteiger partial charge in [-0.05, 0) is 31.2 Å². The van der Waals surface area contributed by atoms with Crippen molar-refractivity contribution in [2.24, 2.45) is 0 Å². The molecule has 1 N–H and O–H groups in total. The average Bonchev–Trinajstić information content (AvgIpc) is 2.27. The summed E-state index contributed by atoms with van der Waals surface area (Å²) in [4.78, 5) is 12.3. The fourth-order valence-electron chi connectivity index (χ4n) is 1.36. The van der Waals surface area contributed by atoms with Gasteiger partial charge in [0.15, 0.2) is 0 Å². The fraction of sp³-hybridized carbons (Fsp3) is 0.417. The molecule has 0 aliphatic rings. The quantitative estimate of drug-likeness (QED) is 0.801. The zero-order chi connectivity index (χ0) is 12.0. The molecule has 0 radical (unpaired) electrons. The topological polar surface area (TPSA) is 49.8 Å². The molecule has 0 spiro atoms. The van der Waals surface area contributed by atoms with Crippen molar-refractivity contribution < 1.29 is 14.6 Å². The van der Waals surface area contributed by atoms with Crippen molar-refractivity contribution in [3.8, 4) is 5.75 Å². The Morgan fingerprint density at radius 3 is 2.50 bits per heavy atom. The van der Waals surface area contributed by atoms with Crippen molar-refractivity contribution in [1.82, 2.24) is 0 Å². The minimum atomic E-state index is -0.780. The van der Waals surface area contributed by atoms with Crippen LogP contribution in [0.25, 0.3) is 0 Å². The van der Waals surface area contributed by atoms with E-state index in [0.29, 0.717) is 13.2 Å². The van der Waals surface area contributed by atoms with E-state index in [-0.39, 0.29) is 6.42 Å². The molecule has 4 heteroatoms. The predicted molar refractivity (Wildman–Crippen MR) is 63.1 cm³/mol. The van der Waals surface area contributed by atoms with Gasteiger partial charge in [-0.3, -0.25) is 4.79 Å². The third-order valence-electron chi connectivity index (χ3n) is 2.25. The van der Waals surface area contributed by atoms with Gasteiger partial charge in [0.1, 0.15) is 5.75 Å². The van der Waals surface area contributed by atoms with Crippen LogP contribution in [0.4, 0.5) is 5.69 Å². The average molecular weight is 223 g/mol. The highest BCUT2D eigenvalue weighted by molar-refractivity contribution is 5.67. The molecule has 88 valence electrons. The van der Waals surface area contributed by atoms with Crippen molar-refractivity contribution in [2.45, 2.75) is 13.3 Å². The summed E-state index contributed by atoms with van der Waals surface area (Å²) >= 11 is 0. The molecule has 0 unspecified atom stereocenters. The molecule has 4 nitrogen and oxygen atoms in total. The molecule has 0 fully saturated rings. The summed E-state index contributed by atoms with van der Waals surface area (Å²) in [6, 6.07) is 7.62. The number of carbonyl (C=O) groups is 1. The molecule has 0 aromatic heterocycles. The van der Waals surface area contributed by atoms with E-state index < -0.39 is 5.97 Å². The highest BCUT2D eigenvalue weighted by atomic mass is 16.5. The minimum absolute atomic E-state index is 0.143. The second-order valence-electron chi connectivity index (χ2n) is 3.49. The molecule has 0 bridgehead atoms. The Balaban J connectivity index is 2.55. The lowest BCUT2D eigenvalue weighted by atomic mass is 10.2. The van der Waals surface area contributed by atoms with E-state index in [1.54, 1.807) is 0 Å². The van der Waals surface area contributed by atoms with Gasteiger partial charge in [0.2, 0.25) is 0 Å². The Kier molecular flexibility index (Phi) is 4.64. The van der Waals surface area contributed by atoms with Gasteiger partial charge in [-0.15, -0.1) is 0 Å². The maximum absolute atomic E-state index is 10.4. The SMILES string of the molecule is CCOc1ccc(N(C)CCC(=O)O)cc1. The van der Waals surface area contributed by atoms with Crippen LogP contribution >= 0.6 is 0 Å². The van der Waals surface area contributed by atoms with E-state index in [1.165, 1.54) is 0 Å². The van der Waals surface area contributed by atoms with Crippen LogP contribution < -0.4 is 9.64 Å². The van der Waals surface area contributed by atoms with Gasteiger partial charge >= 0.3 is 5.97 Å². The van der Waals surface area contributed by atoms with E-state index in [1.807, 2.05) is 43.1 Å². The summed E-state index contributed by atoms with van der Waals surface area (Å²) in [6.45, 7) is 3.09.